The molecule has 0 saturated carbocycles. The molecule has 0 aliphatic carbocycles. The highest BCUT2D eigenvalue weighted by Gasteiger charge is 2.21. The van der Waals surface area contributed by atoms with E-state index < -0.39 is 10.0 Å². The molecule has 3 N–H and O–H groups in total. The van der Waals surface area contributed by atoms with Gasteiger partial charge in [0, 0.05) is 6.04 Å². The van der Waals surface area contributed by atoms with Crippen molar-refractivity contribution in [2.75, 3.05) is 17.1 Å². The van der Waals surface area contributed by atoms with Gasteiger partial charge in [0.1, 0.15) is 10.6 Å². The van der Waals surface area contributed by atoms with Crippen LogP contribution in [0.15, 0.2) is 47.4 Å². The van der Waals surface area contributed by atoms with Crippen molar-refractivity contribution in [3.05, 3.63) is 48.0 Å². The zero-order valence-electron chi connectivity index (χ0n) is 15.2. The van der Waals surface area contributed by atoms with Gasteiger partial charge in [-0.2, -0.15) is 0 Å². The molecule has 0 spiro atoms. The standard InChI is InChI=1S/C18H23N3O3S2/c1-12(2)19-18(25)20-15-10-9-13(3)11-17(15)26(22,23)21-14-7-5-6-8-16(14)24-4/h5-12,21H,1-4H3,(H2,19,20,25). The number of thiocarbonyl (C=S) groups is 1. The minimum absolute atomic E-state index is 0.108. The third-order valence-electron chi connectivity index (χ3n) is 3.45. The Kier molecular flexibility index (Phi) is 6.44. The molecule has 26 heavy (non-hydrogen) atoms. The van der Waals surface area contributed by atoms with E-state index >= 15 is 0 Å². The van der Waals surface area contributed by atoms with Crippen molar-refractivity contribution in [2.45, 2.75) is 31.7 Å². The second-order valence-corrected chi connectivity index (χ2v) is 8.12. The molecule has 0 unspecified atom stereocenters. The van der Waals surface area contributed by atoms with Crippen molar-refractivity contribution in [3.63, 3.8) is 0 Å². The Balaban J connectivity index is 2.39. The van der Waals surface area contributed by atoms with Gasteiger partial charge in [0.15, 0.2) is 5.11 Å². The van der Waals surface area contributed by atoms with Crippen molar-refractivity contribution < 1.29 is 13.2 Å². The van der Waals surface area contributed by atoms with Crippen molar-refractivity contribution in [3.8, 4) is 5.75 Å². The normalized spacial score (nSPS) is 11.1. The van der Waals surface area contributed by atoms with Crippen LogP contribution in [0.4, 0.5) is 11.4 Å². The number of para-hydroxylation sites is 2. The number of sulfonamides is 1. The van der Waals surface area contributed by atoms with Gasteiger partial charge < -0.3 is 15.4 Å². The first-order chi connectivity index (χ1) is 12.2. The van der Waals surface area contributed by atoms with Crippen LogP contribution in [0.2, 0.25) is 0 Å². The van der Waals surface area contributed by atoms with E-state index in [1.165, 1.54) is 7.11 Å². The number of benzene rings is 2. The first kappa shape index (κ1) is 20.0. The number of methoxy groups -OCH3 is 1. The Bertz CT molecular complexity index is 896. The Morgan fingerprint density at radius 1 is 1.12 bits per heavy atom. The Morgan fingerprint density at radius 3 is 2.46 bits per heavy atom. The summed E-state index contributed by atoms with van der Waals surface area (Å²) in [4.78, 5) is 0.108. The van der Waals surface area contributed by atoms with Gasteiger partial charge in [-0.25, -0.2) is 8.42 Å². The lowest BCUT2D eigenvalue weighted by Gasteiger charge is -2.18. The average molecular weight is 394 g/mol. The van der Waals surface area contributed by atoms with E-state index in [4.69, 9.17) is 17.0 Å². The zero-order chi connectivity index (χ0) is 19.3. The second-order valence-electron chi connectivity index (χ2n) is 6.06. The maximum absolute atomic E-state index is 13.0. The fraction of sp³-hybridized carbons (Fsp3) is 0.278. The van der Waals surface area contributed by atoms with Crippen LogP contribution in [0.5, 0.6) is 5.75 Å². The van der Waals surface area contributed by atoms with Crippen molar-refractivity contribution >= 4 is 38.7 Å². The number of rotatable bonds is 6. The van der Waals surface area contributed by atoms with E-state index in [1.54, 1.807) is 36.4 Å². The SMILES string of the molecule is COc1ccccc1NS(=O)(=O)c1cc(C)ccc1NC(=S)NC(C)C. The molecule has 0 heterocycles. The number of aryl methyl sites for hydroxylation is 1. The predicted octanol–water partition coefficient (Wildman–Crippen LogP) is 3.50. The van der Waals surface area contributed by atoms with Crippen LogP contribution in [0.3, 0.4) is 0 Å². The average Bonchev–Trinajstić information content (AvgIpc) is 2.56. The fourth-order valence-corrected chi connectivity index (χ4v) is 3.97. The minimum atomic E-state index is -3.85. The first-order valence-corrected chi connectivity index (χ1v) is 9.96. The molecule has 140 valence electrons. The Labute approximate surface area is 160 Å². The summed E-state index contributed by atoms with van der Waals surface area (Å²) in [6.07, 6.45) is 0. The molecular formula is C18H23N3O3S2. The van der Waals surface area contributed by atoms with E-state index in [9.17, 15) is 8.42 Å². The number of hydrogen-bond donors (Lipinski definition) is 3. The quantitative estimate of drug-likeness (QED) is 0.652. The summed E-state index contributed by atoms with van der Waals surface area (Å²) in [6.45, 7) is 5.73. The molecule has 2 rings (SSSR count). The van der Waals surface area contributed by atoms with Gasteiger partial charge >= 0.3 is 0 Å². The zero-order valence-corrected chi connectivity index (χ0v) is 16.8. The number of hydrogen-bond acceptors (Lipinski definition) is 4. The third-order valence-corrected chi connectivity index (χ3v) is 5.07. The van der Waals surface area contributed by atoms with Crippen LogP contribution in [-0.4, -0.2) is 26.7 Å². The van der Waals surface area contributed by atoms with Crippen LogP contribution < -0.4 is 20.1 Å². The molecule has 0 aliphatic rings. The van der Waals surface area contributed by atoms with E-state index in [2.05, 4.69) is 15.4 Å². The molecule has 6 nitrogen and oxygen atoms in total. The van der Waals surface area contributed by atoms with Gasteiger partial charge in [-0.15, -0.1) is 0 Å². The van der Waals surface area contributed by atoms with Crippen LogP contribution in [0.25, 0.3) is 0 Å². The van der Waals surface area contributed by atoms with E-state index in [0.717, 1.165) is 5.56 Å². The van der Waals surface area contributed by atoms with Gasteiger partial charge in [0.25, 0.3) is 10.0 Å². The molecular weight excluding hydrogens is 370 g/mol. The largest absolute Gasteiger partial charge is 0.495 e. The molecule has 0 fully saturated rings. The lowest BCUT2D eigenvalue weighted by Crippen LogP contribution is -2.34. The highest BCUT2D eigenvalue weighted by Crippen LogP contribution is 2.29. The highest BCUT2D eigenvalue weighted by atomic mass is 32.2. The summed E-state index contributed by atoms with van der Waals surface area (Å²) >= 11 is 5.24. The van der Waals surface area contributed by atoms with E-state index in [0.29, 0.717) is 22.2 Å². The van der Waals surface area contributed by atoms with E-state index in [1.807, 2.05) is 26.8 Å². The van der Waals surface area contributed by atoms with Gasteiger partial charge in [-0.3, -0.25) is 4.72 Å². The fourth-order valence-electron chi connectivity index (χ4n) is 2.30. The summed E-state index contributed by atoms with van der Waals surface area (Å²) in [5, 5.41) is 6.36. The van der Waals surface area contributed by atoms with E-state index in [-0.39, 0.29) is 10.9 Å². The summed E-state index contributed by atoms with van der Waals surface area (Å²) in [6, 6.07) is 12.1. The minimum Gasteiger partial charge on any atom is -0.495 e. The van der Waals surface area contributed by atoms with Crippen molar-refractivity contribution in [2.24, 2.45) is 0 Å². The molecule has 2 aromatic carbocycles. The summed E-state index contributed by atoms with van der Waals surface area (Å²) < 4.78 is 33.7. The molecule has 0 radical (unpaired) electrons. The lowest BCUT2D eigenvalue weighted by molar-refractivity contribution is 0.417. The van der Waals surface area contributed by atoms with Gasteiger partial charge in [0.2, 0.25) is 0 Å². The Morgan fingerprint density at radius 2 is 1.81 bits per heavy atom. The predicted molar refractivity (Wildman–Crippen MR) is 109 cm³/mol. The van der Waals surface area contributed by atoms with Crippen molar-refractivity contribution in [1.29, 1.82) is 0 Å². The molecule has 0 amide bonds. The first-order valence-electron chi connectivity index (χ1n) is 8.07. The molecule has 0 aromatic heterocycles. The summed E-state index contributed by atoms with van der Waals surface area (Å²) in [5.41, 5.74) is 1.58. The maximum atomic E-state index is 13.0. The van der Waals surface area contributed by atoms with Gasteiger partial charge in [0.05, 0.1) is 18.5 Å². The van der Waals surface area contributed by atoms with Gasteiger partial charge in [-0.05, 0) is 62.8 Å². The number of ether oxygens (including phenoxy) is 1. The molecule has 0 saturated heterocycles. The molecule has 0 aliphatic heterocycles. The highest BCUT2D eigenvalue weighted by molar-refractivity contribution is 7.93. The monoisotopic (exact) mass is 393 g/mol. The summed E-state index contributed by atoms with van der Waals surface area (Å²) in [7, 11) is -2.36. The molecule has 8 heteroatoms. The molecule has 2 aromatic rings. The smallest absolute Gasteiger partial charge is 0.264 e. The van der Waals surface area contributed by atoms with Crippen LogP contribution in [-0.2, 0) is 10.0 Å². The molecule has 0 bridgehead atoms. The van der Waals surface area contributed by atoms with Crippen LogP contribution in [0, 0.1) is 6.92 Å². The van der Waals surface area contributed by atoms with Crippen LogP contribution in [0.1, 0.15) is 19.4 Å². The van der Waals surface area contributed by atoms with Gasteiger partial charge in [-0.1, -0.05) is 18.2 Å². The molecule has 0 atom stereocenters. The topological polar surface area (TPSA) is 79.5 Å². The lowest BCUT2D eigenvalue weighted by atomic mass is 10.2. The number of nitrogens with one attached hydrogen (secondary N) is 3. The maximum Gasteiger partial charge on any atom is 0.264 e. The number of anilines is 2. The summed E-state index contributed by atoms with van der Waals surface area (Å²) in [5.74, 6) is 0.440. The third kappa shape index (κ3) is 5.09. The van der Waals surface area contributed by atoms with Crippen molar-refractivity contribution in [1.82, 2.24) is 5.32 Å². The Hall–Kier alpha value is -2.32. The second kappa shape index (κ2) is 8.37. The van der Waals surface area contributed by atoms with Crippen LogP contribution >= 0.6 is 12.2 Å².